The number of benzene rings is 1. The molecule has 0 aliphatic rings. The first-order chi connectivity index (χ1) is 9.43. The fourth-order valence-electron chi connectivity index (χ4n) is 1.51. The van der Waals surface area contributed by atoms with Gasteiger partial charge in [-0.2, -0.15) is 0 Å². The summed E-state index contributed by atoms with van der Waals surface area (Å²) < 4.78 is 10.1. The van der Waals surface area contributed by atoms with E-state index in [1.165, 1.54) is 7.11 Å². The van der Waals surface area contributed by atoms with Gasteiger partial charge in [0.2, 0.25) is 0 Å². The van der Waals surface area contributed by atoms with Crippen molar-refractivity contribution < 1.29 is 19.1 Å². The second-order valence-corrected chi connectivity index (χ2v) is 4.95. The van der Waals surface area contributed by atoms with Gasteiger partial charge in [-0.05, 0) is 31.0 Å². The Hall–Kier alpha value is -2.04. The van der Waals surface area contributed by atoms with E-state index in [0.717, 1.165) is 0 Å². The van der Waals surface area contributed by atoms with E-state index in [0.29, 0.717) is 23.8 Å². The van der Waals surface area contributed by atoms with Gasteiger partial charge in [-0.1, -0.05) is 19.9 Å². The van der Waals surface area contributed by atoms with Gasteiger partial charge in [-0.25, -0.2) is 4.79 Å². The molecule has 0 heterocycles. The molecule has 0 aromatic heterocycles. The summed E-state index contributed by atoms with van der Waals surface area (Å²) in [6, 6.07) is 6.17. The van der Waals surface area contributed by atoms with Gasteiger partial charge in [0, 0.05) is 5.56 Å². The van der Waals surface area contributed by atoms with E-state index in [-0.39, 0.29) is 5.91 Å². The maximum atomic E-state index is 12.0. The molecule has 20 heavy (non-hydrogen) atoms. The largest absolute Gasteiger partial charge is 0.493 e. The molecule has 0 aliphatic carbocycles. The monoisotopic (exact) mass is 279 g/mol. The van der Waals surface area contributed by atoms with Crippen molar-refractivity contribution in [3.8, 4) is 5.75 Å². The lowest BCUT2D eigenvalue weighted by molar-refractivity contribution is -0.142. The number of hydrogen-bond donors (Lipinski definition) is 1. The van der Waals surface area contributed by atoms with Crippen LogP contribution in [0.5, 0.6) is 5.75 Å². The smallest absolute Gasteiger partial charge is 0.328 e. The van der Waals surface area contributed by atoms with Gasteiger partial charge in [-0.15, -0.1) is 0 Å². The maximum Gasteiger partial charge on any atom is 0.328 e. The molecule has 1 amide bonds. The number of esters is 1. The van der Waals surface area contributed by atoms with Gasteiger partial charge in [0.15, 0.2) is 0 Å². The molecular weight excluding hydrogens is 258 g/mol. The molecule has 0 aliphatic heterocycles. The van der Waals surface area contributed by atoms with E-state index in [9.17, 15) is 9.59 Å². The summed E-state index contributed by atoms with van der Waals surface area (Å²) in [6.07, 6.45) is 0. The number of ether oxygens (including phenoxy) is 2. The van der Waals surface area contributed by atoms with E-state index < -0.39 is 12.0 Å². The number of nitrogens with one attached hydrogen (secondary N) is 1. The van der Waals surface area contributed by atoms with Crippen molar-refractivity contribution in [2.75, 3.05) is 13.7 Å². The maximum absolute atomic E-state index is 12.0. The Bertz CT molecular complexity index is 471. The first kappa shape index (κ1) is 16.0. The first-order valence-electron chi connectivity index (χ1n) is 6.55. The van der Waals surface area contributed by atoms with Crippen LogP contribution in [0.3, 0.4) is 0 Å². The van der Waals surface area contributed by atoms with Crippen molar-refractivity contribution in [1.29, 1.82) is 0 Å². The van der Waals surface area contributed by atoms with Gasteiger partial charge in [0.25, 0.3) is 5.91 Å². The van der Waals surface area contributed by atoms with Crippen molar-refractivity contribution >= 4 is 11.9 Å². The van der Waals surface area contributed by atoms with E-state index in [2.05, 4.69) is 23.9 Å². The Morgan fingerprint density at radius 2 is 1.95 bits per heavy atom. The lowest BCUT2D eigenvalue weighted by Crippen LogP contribution is -2.39. The Kier molecular flexibility index (Phi) is 6.03. The minimum Gasteiger partial charge on any atom is -0.493 e. The highest BCUT2D eigenvalue weighted by Gasteiger charge is 2.17. The second-order valence-electron chi connectivity index (χ2n) is 4.95. The van der Waals surface area contributed by atoms with Gasteiger partial charge in [0.05, 0.1) is 13.7 Å². The molecule has 1 aromatic rings. The molecule has 0 fully saturated rings. The molecule has 1 rings (SSSR count). The number of rotatable bonds is 6. The summed E-state index contributed by atoms with van der Waals surface area (Å²) in [5.41, 5.74) is 0.446. The molecule has 0 spiro atoms. The molecule has 1 N–H and O–H groups in total. The molecule has 5 heteroatoms. The predicted molar refractivity (Wildman–Crippen MR) is 75.7 cm³/mol. The van der Waals surface area contributed by atoms with Crippen LogP contribution in [-0.2, 0) is 9.53 Å². The standard InChI is InChI=1S/C15H21NO4/c1-10(2)9-20-13-7-5-6-12(8-13)14(17)16-11(3)15(18)19-4/h5-8,10-11H,9H2,1-4H3,(H,16,17)/t11-/m0/s1. The third-order valence-corrected chi connectivity index (χ3v) is 2.58. The fourth-order valence-corrected chi connectivity index (χ4v) is 1.51. The average molecular weight is 279 g/mol. The summed E-state index contributed by atoms with van der Waals surface area (Å²) in [5.74, 6) is 0.229. The quantitative estimate of drug-likeness (QED) is 0.809. The van der Waals surface area contributed by atoms with E-state index >= 15 is 0 Å². The number of hydrogen-bond acceptors (Lipinski definition) is 4. The van der Waals surface area contributed by atoms with Gasteiger partial charge >= 0.3 is 5.97 Å². The van der Waals surface area contributed by atoms with Crippen molar-refractivity contribution in [3.63, 3.8) is 0 Å². The van der Waals surface area contributed by atoms with Crippen LogP contribution in [0.4, 0.5) is 0 Å². The van der Waals surface area contributed by atoms with Gasteiger partial charge < -0.3 is 14.8 Å². The Morgan fingerprint density at radius 3 is 2.55 bits per heavy atom. The van der Waals surface area contributed by atoms with Crippen LogP contribution in [0.2, 0.25) is 0 Å². The van der Waals surface area contributed by atoms with Crippen LogP contribution in [0.25, 0.3) is 0 Å². The molecule has 110 valence electrons. The molecule has 1 atom stereocenters. The number of carbonyl (C=O) groups excluding carboxylic acids is 2. The van der Waals surface area contributed by atoms with E-state index in [4.69, 9.17) is 4.74 Å². The van der Waals surface area contributed by atoms with Crippen molar-refractivity contribution in [2.45, 2.75) is 26.8 Å². The van der Waals surface area contributed by atoms with Crippen LogP contribution in [0.1, 0.15) is 31.1 Å². The average Bonchev–Trinajstić information content (AvgIpc) is 2.44. The number of carbonyl (C=O) groups is 2. The van der Waals surface area contributed by atoms with Crippen molar-refractivity contribution in [2.24, 2.45) is 5.92 Å². The van der Waals surface area contributed by atoms with Crippen molar-refractivity contribution in [3.05, 3.63) is 29.8 Å². The normalized spacial score (nSPS) is 11.8. The Balaban J connectivity index is 2.68. The molecule has 0 saturated carbocycles. The van der Waals surface area contributed by atoms with Crippen LogP contribution in [-0.4, -0.2) is 31.6 Å². The van der Waals surface area contributed by atoms with Crippen LogP contribution < -0.4 is 10.1 Å². The SMILES string of the molecule is COC(=O)[C@H](C)NC(=O)c1cccc(OCC(C)C)c1. The molecule has 0 bridgehead atoms. The highest BCUT2D eigenvalue weighted by molar-refractivity contribution is 5.96. The zero-order valence-corrected chi connectivity index (χ0v) is 12.3. The Labute approximate surface area is 119 Å². The van der Waals surface area contributed by atoms with E-state index in [1.54, 1.807) is 31.2 Å². The molecule has 0 radical (unpaired) electrons. The third kappa shape index (κ3) is 4.91. The molecule has 0 saturated heterocycles. The van der Waals surface area contributed by atoms with E-state index in [1.807, 2.05) is 0 Å². The van der Waals surface area contributed by atoms with Crippen molar-refractivity contribution in [1.82, 2.24) is 5.32 Å². The summed E-state index contributed by atoms with van der Waals surface area (Å²) in [5, 5.41) is 2.57. The first-order valence-corrected chi connectivity index (χ1v) is 6.55. The van der Waals surface area contributed by atoms with Crippen LogP contribution >= 0.6 is 0 Å². The molecule has 0 unspecified atom stereocenters. The zero-order chi connectivity index (χ0) is 15.1. The Morgan fingerprint density at radius 1 is 1.25 bits per heavy atom. The van der Waals surface area contributed by atoms with Gasteiger partial charge in [0.1, 0.15) is 11.8 Å². The molecule has 1 aromatic carbocycles. The van der Waals surface area contributed by atoms with Crippen LogP contribution in [0.15, 0.2) is 24.3 Å². The number of amides is 1. The minimum atomic E-state index is -0.687. The topological polar surface area (TPSA) is 64.6 Å². The summed E-state index contributed by atoms with van der Waals surface area (Å²) in [7, 11) is 1.28. The second kappa shape index (κ2) is 7.53. The van der Waals surface area contributed by atoms with Crippen LogP contribution in [0, 0.1) is 5.92 Å². The zero-order valence-electron chi connectivity index (χ0n) is 12.3. The summed E-state index contributed by atoms with van der Waals surface area (Å²) in [4.78, 5) is 23.3. The highest BCUT2D eigenvalue weighted by atomic mass is 16.5. The summed E-state index contributed by atoms with van der Waals surface area (Å²) in [6.45, 7) is 6.26. The highest BCUT2D eigenvalue weighted by Crippen LogP contribution is 2.14. The molecular formula is C15H21NO4. The third-order valence-electron chi connectivity index (χ3n) is 2.58. The lowest BCUT2D eigenvalue weighted by Gasteiger charge is -2.13. The minimum absolute atomic E-state index is 0.335. The van der Waals surface area contributed by atoms with Gasteiger partial charge in [-0.3, -0.25) is 4.79 Å². The summed E-state index contributed by atoms with van der Waals surface area (Å²) >= 11 is 0. The fraction of sp³-hybridized carbons (Fsp3) is 0.467. The predicted octanol–water partition coefficient (Wildman–Crippen LogP) is 2.01. The lowest BCUT2D eigenvalue weighted by atomic mass is 10.2. The molecule has 5 nitrogen and oxygen atoms in total. The number of methoxy groups -OCH3 is 1.